The quantitative estimate of drug-likeness (QED) is 0.879. The number of urea groups is 1. The maximum Gasteiger partial charge on any atom is 0.327 e. The lowest BCUT2D eigenvalue weighted by atomic mass is 9.76. The molecule has 1 aromatic rings. The minimum Gasteiger partial charge on any atom is -0.480 e. The van der Waals surface area contributed by atoms with E-state index in [1.807, 2.05) is 26.2 Å². The number of aliphatic carboxylic acids is 1. The van der Waals surface area contributed by atoms with E-state index < -0.39 is 17.4 Å². The normalized spacial score (nSPS) is 21.6. The van der Waals surface area contributed by atoms with E-state index >= 15 is 0 Å². The van der Waals surface area contributed by atoms with E-state index in [1.165, 1.54) is 16.2 Å². The molecule has 1 aliphatic heterocycles. The first-order chi connectivity index (χ1) is 9.31. The Kier molecular flexibility index (Phi) is 3.99. The number of anilines is 1. The Morgan fingerprint density at radius 2 is 2.25 bits per heavy atom. The molecule has 110 valence electrons. The van der Waals surface area contributed by atoms with Gasteiger partial charge >= 0.3 is 12.0 Å². The highest BCUT2D eigenvalue weighted by Gasteiger charge is 2.44. The summed E-state index contributed by atoms with van der Waals surface area (Å²) < 4.78 is 0. The van der Waals surface area contributed by atoms with Crippen molar-refractivity contribution in [2.75, 3.05) is 11.9 Å². The first-order valence-corrected chi connectivity index (χ1v) is 7.42. The van der Waals surface area contributed by atoms with Crippen LogP contribution >= 0.6 is 11.3 Å². The Morgan fingerprint density at radius 1 is 1.55 bits per heavy atom. The molecule has 1 aromatic heterocycles. The first-order valence-electron chi connectivity index (χ1n) is 6.54. The molecule has 2 rings (SSSR count). The van der Waals surface area contributed by atoms with Gasteiger partial charge in [0, 0.05) is 11.9 Å². The second kappa shape index (κ2) is 5.40. The lowest BCUT2D eigenvalue weighted by molar-refractivity contribution is -0.148. The molecule has 1 unspecified atom stereocenters. The molecule has 0 spiro atoms. The van der Waals surface area contributed by atoms with Crippen molar-refractivity contribution >= 4 is 28.5 Å². The number of hydrogen-bond donors (Lipinski definition) is 2. The first kappa shape index (κ1) is 14.8. The Labute approximate surface area is 121 Å². The molecule has 0 radical (unpaired) electrons. The highest BCUT2D eigenvalue weighted by atomic mass is 32.1. The third kappa shape index (κ3) is 2.92. The van der Waals surface area contributed by atoms with Crippen LogP contribution in [0.25, 0.3) is 0 Å². The number of nitrogens with zero attached hydrogens (tertiary/aromatic N) is 2. The Morgan fingerprint density at radius 3 is 2.80 bits per heavy atom. The highest BCUT2D eigenvalue weighted by molar-refractivity contribution is 7.13. The number of carboxylic acids is 1. The number of thiazole rings is 1. The Hall–Kier alpha value is -1.63. The van der Waals surface area contributed by atoms with Gasteiger partial charge in [-0.05, 0) is 25.2 Å². The fraction of sp³-hybridized carbons (Fsp3) is 0.615. The second-order valence-electron chi connectivity index (χ2n) is 5.75. The van der Waals surface area contributed by atoms with Crippen molar-refractivity contribution in [1.29, 1.82) is 0 Å². The minimum absolute atomic E-state index is 0.389. The van der Waals surface area contributed by atoms with Gasteiger partial charge in [0.1, 0.15) is 6.04 Å². The van der Waals surface area contributed by atoms with Gasteiger partial charge in [-0.1, -0.05) is 13.8 Å². The van der Waals surface area contributed by atoms with Crippen molar-refractivity contribution in [1.82, 2.24) is 9.88 Å². The Balaban J connectivity index is 2.16. The third-order valence-electron chi connectivity index (χ3n) is 3.60. The van der Waals surface area contributed by atoms with Crippen LogP contribution in [0.3, 0.4) is 0 Å². The number of aromatic nitrogens is 1. The van der Waals surface area contributed by atoms with E-state index in [-0.39, 0.29) is 6.03 Å². The summed E-state index contributed by atoms with van der Waals surface area (Å²) in [6.45, 7) is 6.07. The van der Waals surface area contributed by atoms with Crippen molar-refractivity contribution in [2.24, 2.45) is 5.41 Å². The van der Waals surface area contributed by atoms with E-state index in [2.05, 4.69) is 10.3 Å². The number of aryl methyl sites for hydroxylation is 1. The molecule has 2 N–H and O–H groups in total. The zero-order valence-electron chi connectivity index (χ0n) is 11.8. The minimum atomic E-state index is -0.958. The number of piperidine rings is 1. The van der Waals surface area contributed by atoms with Crippen LogP contribution in [0.2, 0.25) is 0 Å². The molecule has 20 heavy (non-hydrogen) atoms. The van der Waals surface area contributed by atoms with Gasteiger partial charge in [-0.15, -0.1) is 11.3 Å². The molecule has 1 fully saturated rings. The fourth-order valence-electron chi connectivity index (χ4n) is 2.65. The molecule has 0 saturated carbocycles. The van der Waals surface area contributed by atoms with Gasteiger partial charge in [-0.2, -0.15) is 0 Å². The lowest BCUT2D eigenvalue weighted by Gasteiger charge is -2.43. The van der Waals surface area contributed by atoms with Crippen molar-refractivity contribution in [3.8, 4) is 0 Å². The van der Waals surface area contributed by atoms with E-state index in [9.17, 15) is 14.7 Å². The average Bonchev–Trinajstić information content (AvgIpc) is 2.72. The zero-order chi connectivity index (χ0) is 14.9. The standard InChI is InChI=1S/C13H19N3O3S/c1-8-7-20-11(14-8)15-12(19)16-6-4-5-13(2,3)9(16)10(17)18/h7,9H,4-6H2,1-3H3,(H,17,18)(H,14,15,19). The molecular weight excluding hydrogens is 278 g/mol. The molecule has 2 heterocycles. The number of hydrogen-bond acceptors (Lipinski definition) is 4. The molecule has 1 saturated heterocycles. The number of nitrogens with one attached hydrogen (secondary N) is 1. The summed E-state index contributed by atoms with van der Waals surface area (Å²) in [5.41, 5.74) is 0.402. The fourth-order valence-corrected chi connectivity index (χ4v) is 3.33. The topological polar surface area (TPSA) is 82.5 Å². The van der Waals surface area contributed by atoms with Gasteiger partial charge in [-0.3, -0.25) is 5.32 Å². The molecule has 0 aromatic carbocycles. The molecule has 7 heteroatoms. The van der Waals surface area contributed by atoms with E-state index in [1.54, 1.807) is 0 Å². The van der Waals surface area contributed by atoms with Crippen LogP contribution in [-0.2, 0) is 4.79 Å². The summed E-state index contributed by atoms with van der Waals surface area (Å²) in [7, 11) is 0. The van der Waals surface area contributed by atoms with Crippen molar-refractivity contribution < 1.29 is 14.7 Å². The number of rotatable bonds is 2. The summed E-state index contributed by atoms with van der Waals surface area (Å²) in [6, 6.07) is -1.20. The summed E-state index contributed by atoms with van der Waals surface area (Å²) in [4.78, 5) is 29.4. The lowest BCUT2D eigenvalue weighted by Crippen LogP contribution is -2.57. The Bertz CT molecular complexity index is 527. The largest absolute Gasteiger partial charge is 0.480 e. The SMILES string of the molecule is Cc1csc(NC(=O)N2CCCC(C)(C)C2C(=O)O)n1. The molecule has 1 aliphatic rings. The molecule has 2 amide bonds. The number of amides is 2. The van der Waals surface area contributed by atoms with Crippen LogP contribution in [0.1, 0.15) is 32.4 Å². The van der Waals surface area contributed by atoms with E-state index in [0.29, 0.717) is 11.7 Å². The smallest absolute Gasteiger partial charge is 0.327 e. The van der Waals surface area contributed by atoms with Crippen LogP contribution < -0.4 is 5.32 Å². The summed E-state index contributed by atoms with van der Waals surface area (Å²) >= 11 is 1.33. The van der Waals surface area contributed by atoms with E-state index in [0.717, 1.165) is 18.5 Å². The van der Waals surface area contributed by atoms with Crippen molar-refractivity contribution in [3.63, 3.8) is 0 Å². The van der Waals surface area contributed by atoms with Gasteiger partial charge in [0.05, 0.1) is 5.69 Å². The zero-order valence-corrected chi connectivity index (χ0v) is 12.7. The maximum absolute atomic E-state index is 12.3. The third-order valence-corrected chi connectivity index (χ3v) is 4.48. The molecule has 0 aliphatic carbocycles. The average molecular weight is 297 g/mol. The number of likely N-dealkylation sites (tertiary alicyclic amines) is 1. The summed E-state index contributed by atoms with van der Waals surface area (Å²) in [5, 5.41) is 14.5. The van der Waals surface area contributed by atoms with Gasteiger partial charge in [0.2, 0.25) is 0 Å². The van der Waals surface area contributed by atoms with Crippen LogP contribution in [0.4, 0.5) is 9.93 Å². The van der Waals surface area contributed by atoms with Gasteiger partial charge in [0.25, 0.3) is 0 Å². The number of carboxylic acid groups (broad SMARTS) is 1. The van der Waals surface area contributed by atoms with Crippen molar-refractivity contribution in [3.05, 3.63) is 11.1 Å². The predicted octanol–water partition coefficient (Wildman–Crippen LogP) is 2.56. The molecule has 0 bridgehead atoms. The summed E-state index contributed by atoms with van der Waals surface area (Å²) in [5.74, 6) is -0.958. The predicted molar refractivity (Wildman–Crippen MR) is 77.0 cm³/mol. The summed E-state index contributed by atoms with van der Waals surface area (Å²) in [6.07, 6.45) is 1.60. The highest BCUT2D eigenvalue weighted by Crippen LogP contribution is 2.35. The van der Waals surface area contributed by atoms with Gasteiger partial charge in [-0.25, -0.2) is 14.6 Å². The van der Waals surface area contributed by atoms with Gasteiger partial charge < -0.3 is 10.0 Å². The van der Waals surface area contributed by atoms with Crippen LogP contribution in [0.15, 0.2) is 5.38 Å². The molecule has 6 nitrogen and oxygen atoms in total. The number of carbonyl (C=O) groups excluding carboxylic acids is 1. The van der Waals surface area contributed by atoms with Crippen LogP contribution in [-0.4, -0.2) is 39.6 Å². The molecular formula is C13H19N3O3S. The second-order valence-corrected chi connectivity index (χ2v) is 6.61. The number of carbonyl (C=O) groups is 2. The van der Waals surface area contributed by atoms with Crippen LogP contribution in [0.5, 0.6) is 0 Å². The van der Waals surface area contributed by atoms with E-state index in [4.69, 9.17) is 0 Å². The maximum atomic E-state index is 12.3. The van der Waals surface area contributed by atoms with Crippen LogP contribution in [0, 0.1) is 12.3 Å². The molecule has 1 atom stereocenters. The monoisotopic (exact) mass is 297 g/mol. The van der Waals surface area contributed by atoms with Gasteiger partial charge in [0.15, 0.2) is 5.13 Å². The van der Waals surface area contributed by atoms with Crippen molar-refractivity contribution in [2.45, 2.75) is 39.7 Å².